The van der Waals surface area contributed by atoms with E-state index in [4.69, 9.17) is 0 Å². The van der Waals surface area contributed by atoms with Crippen LogP contribution in [-0.4, -0.2) is 10.5 Å². The maximum atomic E-state index is 2.86. The van der Waals surface area contributed by atoms with Crippen molar-refractivity contribution in [3.8, 4) is 0 Å². The van der Waals surface area contributed by atoms with E-state index >= 15 is 0 Å². The van der Waals surface area contributed by atoms with E-state index in [9.17, 15) is 0 Å². The fourth-order valence-corrected chi connectivity index (χ4v) is 0.278. The molecule has 2 nitrogen and oxygen atoms in total. The second kappa shape index (κ2) is 5.75. The van der Waals surface area contributed by atoms with Crippen LogP contribution in [0.25, 0.3) is 0 Å². The van der Waals surface area contributed by atoms with E-state index < -0.39 is 0 Å². The smallest absolute Gasteiger partial charge is 0.000496 e. The topological polar surface area (TPSA) is 47.3 Å². The minimum absolute atomic E-state index is 0. The molecular formula is C4H7CoNO. The summed E-state index contributed by atoms with van der Waals surface area (Å²) < 4.78 is 0. The van der Waals surface area contributed by atoms with Gasteiger partial charge in [0, 0.05) is 29.2 Å². The zero-order chi connectivity index (χ0) is 3.54. The second-order valence-corrected chi connectivity index (χ2v) is 0.885. The Bertz CT molecular complexity index is 68.2. The summed E-state index contributed by atoms with van der Waals surface area (Å²) in [5, 5.41) is 0. The Morgan fingerprint density at radius 2 is 1.43 bits per heavy atom. The minimum Gasteiger partial charge on any atom is -0.412 e. The van der Waals surface area contributed by atoms with Crippen LogP contribution in [0.15, 0.2) is 24.5 Å². The Morgan fingerprint density at radius 3 is 1.57 bits per heavy atom. The van der Waals surface area contributed by atoms with Crippen LogP contribution in [0, 0.1) is 0 Å². The number of hydrogen-bond acceptors (Lipinski definition) is 0. The van der Waals surface area contributed by atoms with Gasteiger partial charge < -0.3 is 10.5 Å². The van der Waals surface area contributed by atoms with Crippen molar-refractivity contribution in [3.63, 3.8) is 0 Å². The van der Waals surface area contributed by atoms with E-state index in [0.717, 1.165) is 0 Å². The average molecular weight is 144 g/mol. The first kappa shape index (κ1) is 9.89. The van der Waals surface area contributed by atoms with Crippen molar-refractivity contribution < 1.29 is 22.3 Å². The Hall–Kier alpha value is -0.254. The zero-order valence-corrected chi connectivity index (χ0v) is 4.68. The third-order valence-electron chi connectivity index (χ3n) is 0.496. The maximum Gasteiger partial charge on any atom is 0.000496 e. The Morgan fingerprint density at radius 1 is 1.00 bits per heavy atom. The van der Waals surface area contributed by atoms with E-state index in [0.29, 0.717) is 0 Å². The molecule has 1 aromatic rings. The molecule has 0 saturated carbocycles. The number of hydrogen-bond donors (Lipinski definition) is 1. The van der Waals surface area contributed by atoms with Crippen molar-refractivity contribution in [2.75, 3.05) is 0 Å². The fraction of sp³-hybridized carbons (Fsp3) is 0. The SMILES string of the molecule is O.[Co].c1cc[nH]c1. The monoisotopic (exact) mass is 144 g/mol. The van der Waals surface area contributed by atoms with Gasteiger partial charge in [-0.3, -0.25) is 0 Å². The first-order valence-corrected chi connectivity index (χ1v) is 1.58. The van der Waals surface area contributed by atoms with Crippen molar-refractivity contribution in [1.82, 2.24) is 4.98 Å². The van der Waals surface area contributed by atoms with Crippen molar-refractivity contribution in [3.05, 3.63) is 24.5 Å². The Kier molecular flexibility index (Phi) is 8.12. The molecule has 3 N–H and O–H groups in total. The summed E-state index contributed by atoms with van der Waals surface area (Å²) in [5.74, 6) is 0. The molecule has 0 bridgehead atoms. The van der Waals surface area contributed by atoms with Gasteiger partial charge in [0.05, 0.1) is 0 Å². The molecule has 1 rings (SSSR count). The molecule has 0 spiro atoms. The largest absolute Gasteiger partial charge is 0.412 e. The van der Waals surface area contributed by atoms with Gasteiger partial charge in [-0.25, -0.2) is 0 Å². The standard InChI is InChI=1S/C4H5N.Co.H2O/c1-2-4-5-3-1;;/h1-5H;;1H2. The molecule has 0 aliphatic carbocycles. The summed E-state index contributed by atoms with van der Waals surface area (Å²) in [6.45, 7) is 0. The molecule has 0 aliphatic heterocycles. The van der Waals surface area contributed by atoms with Crippen LogP contribution in [-0.2, 0) is 16.8 Å². The van der Waals surface area contributed by atoms with Gasteiger partial charge in [0.25, 0.3) is 0 Å². The van der Waals surface area contributed by atoms with Crippen molar-refractivity contribution >= 4 is 0 Å². The van der Waals surface area contributed by atoms with Gasteiger partial charge in [0.1, 0.15) is 0 Å². The molecule has 43 valence electrons. The summed E-state index contributed by atoms with van der Waals surface area (Å²) in [7, 11) is 0. The number of H-pyrrole nitrogens is 1. The average Bonchev–Trinajstić information content (AvgIpc) is 1.76. The molecule has 0 aliphatic rings. The van der Waals surface area contributed by atoms with E-state index in [1.54, 1.807) is 0 Å². The quantitative estimate of drug-likeness (QED) is 0.540. The fourth-order valence-electron chi connectivity index (χ4n) is 0.278. The van der Waals surface area contributed by atoms with E-state index in [2.05, 4.69) is 4.98 Å². The second-order valence-electron chi connectivity index (χ2n) is 0.885. The molecule has 7 heavy (non-hydrogen) atoms. The van der Waals surface area contributed by atoms with Gasteiger partial charge in [-0.1, -0.05) is 0 Å². The first-order valence-electron chi connectivity index (χ1n) is 1.58. The van der Waals surface area contributed by atoms with Crippen LogP contribution in [0.1, 0.15) is 0 Å². The molecule has 0 saturated heterocycles. The normalized spacial score (nSPS) is 5.71. The minimum atomic E-state index is 0. The van der Waals surface area contributed by atoms with Crippen LogP contribution < -0.4 is 0 Å². The van der Waals surface area contributed by atoms with E-state index in [1.165, 1.54) is 0 Å². The summed E-state index contributed by atoms with van der Waals surface area (Å²) in [6.07, 6.45) is 3.75. The zero-order valence-electron chi connectivity index (χ0n) is 3.64. The summed E-state index contributed by atoms with van der Waals surface area (Å²) >= 11 is 0. The number of aromatic nitrogens is 1. The molecular weight excluding hydrogens is 137 g/mol. The molecule has 1 heterocycles. The van der Waals surface area contributed by atoms with Gasteiger partial charge in [-0.15, -0.1) is 0 Å². The molecule has 1 radical (unpaired) electrons. The molecule has 0 unspecified atom stereocenters. The van der Waals surface area contributed by atoms with Crippen LogP contribution in [0.5, 0.6) is 0 Å². The summed E-state index contributed by atoms with van der Waals surface area (Å²) in [4.78, 5) is 2.86. The van der Waals surface area contributed by atoms with Crippen LogP contribution in [0.4, 0.5) is 0 Å². The van der Waals surface area contributed by atoms with Crippen molar-refractivity contribution in [1.29, 1.82) is 0 Å². The number of rotatable bonds is 0. The van der Waals surface area contributed by atoms with Gasteiger partial charge in [0.15, 0.2) is 0 Å². The Labute approximate surface area is 52.4 Å². The first-order chi connectivity index (χ1) is 2.50. The van der Waals surface area contributed by atoms with Crippen molar-refractivity contribution in [2.24, 2.45) is 0 Å². The van der Waals surface area contributed by atoms with Crippen LogP contribution >= 0.6 is 0 Å². The molecule has 0 fully saturated rings. The van der Waals surface area contributed by atoms with Gasteiger partial charge in [0.2, 0.25) is 0 Å². The summed E-state index contributed by atoms with van der Waals surface area (Å²) in [6, 6.07) is 3.89. The predicted octanol–water partition coefficient (Wildman–Crippen LogP) is 0.187. The van der Waals surface area contributed by atoms with Crippen LogP contribution in [0.2, 0.25) is 0 Å². The van der Waals surface area contributed by atoms with Crippen LogP contribution in [0.3, 0.4) is 0 Å². The Balaban J connectivity index is 0. The third kappa shape index (κ3) is 3.58. The predicted molar refractivity (Wildman–Crippen MR) is 24.4 cm³/mol. The number of nitrogens with one attached hydrogen (secondary N) is 1. The van der Waals surface area contributed by atoms with E-state index in [1.807, 2.05) is 24.5 Å². The molecule has 0 aromatic carbocycles. The molecule has 0 amide bonds. The van der Waals surface area contributed by atoms with Gasteiger partial charge >= 0.3 is 0 Å². The van der Waals surface area contributed by atoms with Gasteiger partial charge in [-0.2, -0.15) is 0 Å². The molecule has 0 atom stereocenters. The molecule has 3 heteroatoms. The van der Waals surface area contributed by atoms with Crippen molar-refractivity contribution in [2.45, 2.75) is 0 Å². The number of aromatic amines is 1. The maximum absolute atomic E-state index is 2.86. The molecule has 1 aromatic heterocycles. The third-order valence-corrected chi connectivity index (χ3v) is 0.496. The summed E-state index contributed by atoms with van der Waals surface area (Å²) in [5.41, 5.74) is 0. The van der Waals surface area contributed by atoms with Gasteiger partial charge in [-0.05, 0) is 12.1 Å². The van der Waals surface area contributed by atoms with E-state index in [-0.39, 0.29) is 22.3 Å².